The number of ether oxygens (including phenoxy) is 2. The zero-order valence-corrected chi connectivity index (χ0v) is 25.8. The van der Waals surface area contributed by atoms with Crippen molar-refractivity contribution in [3.05, 3.63) is 53.6 Å². The minimum Gasteiger partial charge on any atom is -0.457 e. The zero-order valence-electron chi connectivity index (χ0n) is 25.8. The third kappa shape index (κ3) is 11.6. The number of hydrogen-bond acceptors (Lipinski definition) is 6. The molecule has 8 heteroatoms. The smallest absolute Gasteiger partial charge is 0.256 e. The van der Waals surface area contributed by atoms with Crippen molar-refractivity contribution >= 4 is 18.0 Å². The Morgan fingerprint density at radius 3 is 2.23 bits per heavy atom. The van der Waals surface area contributed by atoms with E-state index in [1.165, 1.54) is 0 Å². The van der Waals surface area contributed by atoms with Crippen molar-refractivity contribution in [2.24, 2.45) is 5.92 Å². The molecule has 4 rings (SSSR count). The van der Waals surface area contributed by atoms with Crippen LogP contribution in [-0.2, 0) is 9.53 Å². The number of nitrogens with one attached hydrogen (secondary N) is 1. The summed E-state index contributed by atoms with van der Waals surface area (Å²) in [7, 11) is 0. The highest BCUT2D eigenvalue weighted by Gasteiger charge is 2.32. The van der Waals surface area contributed by atoms with Crippen LogP contribution in [0.5, 0.6) is 11.5 Å². The normalized spacial score (nSPS) is 15.5. The van der Waals surface area contributed by atoms with Crippen LogP contribution >= 0.6 is 0 Å². The van der Waals surface area contributed by atoms with Gasteiger partial charge in [0, 0.05) is 57.9 Å². The maximum atomic E-state index is 12.6. The molecule has 2 heterocycles. The molecule has 2 N–H and O–H groups in total. The van der Waals surface area contributed by atoms with E-state index in [0.29, 0.717) is 50.4 Å². The molecular formula is C32H51N3O5. The predicted molar refractivity (Wildman–Crippen MR) is 163 cm³/mol. The largest absolute Gasteiger partial charge is 0.457 e. The van der Waals surface area contributed by atoms with Crippen molar-refractivity contribution in [2.45, 2.75) is 74.0 Å². The molecule has 2 amide bonds. The molecule has 40 heavy (non-hydrogen) atoms. The summed E-state index contributed by atoms with van der Waals surface area (Å²) in [5.74, 6) is 1.39. The number of rotatable bonds is 6. The molecule has 0 spiro atoms. The minimum absolute atomic E-state index is 0.0535. The Morgan fingerprint density at radius 1 is 1.05 bits per heavy atom. The van der Waals surface area contributed by atoms with Crippen LogP contribution in [0.3, 0.4) is 0 Å². The Hall–Kier alpha value is -3.10. The molecule has 2 aromatic rings. The summed E-state index contributed by atoms with van der Waals surface area (Å²) in [4.78, 5) is 26.4. The van der Waals surface area contributed by atoms with Gasteiger partial charge in [0.1, 0.15) is 11.5 Å². The fraction of sp³-hybridized carbons (Fsp3) is 0.562. The number of piperidine rings is 1. The van der Waals surface area contributed by atoms with Gasteiger partial charge in [0.15, 0.2) is 5.79 Å². The standard InChI is InChI=1S/C18H20N2O2.C8H15NO3.C4H10.C2H6/c1-3-20-11-10-19-16-9-8-14(12-15(16)18(20)21)22-17-7-5-4-6-13(17)2;1-2-12-8(11)3-5-9(7-10)6-4-8;1-4(2)3;1-2/h4-9,12,19H,3,10-11H2,1-2H3;7,11H,2-6H2,1H3;4H,1-3H3;1-2H3. The third-order valence-corrected chi connectivity index (χ3v) is 6.05. The maximum absolute atomic E-state index is 12.6. The summed E-state index contributed by atoms with van der Waals surface area (Å²) in [5, 5.41) is 13.0. The Morgan fingerprint density at radius 2 is 1.68 bits per heavy atom. The summed E-state index contributed by atoms with van der Waals surface area (Å²) in [6.07, 6.45) is 1.84. The molecule has 2 aromatic carbocycles. The van der Waals surface area contributed by atoms with E-state index in [-0.39, 0.29) is 5.91 Å². The second-order valence-corrected chi connectivity index (χ2v) is 10.1. The number of para-hydroxylation sites is 1. The van der Waals surface area contributed by atoms with Crippen LogP contribution in [0, 0.1) is 12.8 Å². The van der Waals surface area contributed by atoms with Gasteiger partial charge in [0.25, 0.3) is 5.91 Å². The molecule has 0 bridgehead atoms. The molecule has 0 atom stereocenters. The van der Waals surface area contributed by atoms with E-state index in [4.69, 9.17) is 9.47 Å². The van der Waals surface area contributed by atoms with Crippen molar-refractivity contribution in [1.82, 2.24) is 9.80 Å². The van der Waals surface area contributed by atoms with E-state index in [9.17, 15) is 14.7 Å². The molecule has 8 nitrogen and oxygen atoms in total. The van der Waals surface area contributed by atoms with Gasteiger partial charge < -0.3 is 29.7 Å². The fourth-order valence-electron chi connectivity index (χ4n) is 4.01. The van der Waals surface area contributed by atoms with Gasteiger partial charge >= 0.3 is 0 Å². The van der Waals surface area contributed by atoms with Crippen LogP contribution in [0.2, 0.25) is 0 Å². The van der Waals surface area contributed by atoms with Gasteiger partial charge in [-0.25, -0.2) is 0 Å². The average molecular weight is 558 g/mol. The number of likely N-dealkylation sites (N-methyl/N-ethyl adjacent to an activating group) is 1. The molecule has 0 radical (unpaired) electrons. The lowest BCUT2D eigenvalue weighted by atomic mass is 10.0. The molecule has 2 aliphatic rings. The van der Waals surface area contributed by atoms with Gasteiger partial charge in [-0.05, 0) is 56.5 Å². The lowest BCUT2D eigenvalue weighted by Crippen LogP contribution is -2.45. The molecule has 0 aromatic heterocycles. The minimum atomic E-state index is -0.992. The Labute approximate surface area is 241 Å². The summed E-state index contributed by atoms with van der Waals surface area (Å²) in [6.45, 7) is 20.2. The van der Waals surface area contributed by atoms with Gasteiger partial charge in [-0.3, -0.25) is 9.59 Å². The van der Waals surface area contributed by atoms with E-state index >= 15 is 0 Å². The summed E-state index contributed by atoms with van der Waals surface area (Å²) in [5.41, 5.74) is 2.61. The van der Waals surface area contributed by atoms with Crippen molar-refractivity contribution in [3.63, 3.8) is 0 Å². The first-order valence-corrected chi connectivity index (χ1v) is 14.6. The number of anilines is 1. The van der Waals surface area contributed by atoms with Crippen LogP contribution in [0.1, 0.15) is 77.2 Å². The number of aryl methyl sites for hydroxylation is 1. The monoisotopic (exact) mass is 557 g/mol. The van der Waals surface area contributed by atoms with Crippen molar-refractivity contribution < 1.29 is 24.2 Å². The summed E-state index contributed by atoms with van der Waals surface area (Å²) >= 11 is 0. The molecule has 0 aliphatic carbocycles. The highest BCUT2D eigenvalue weighted by Crippen LogP contribution is 2.30. The fourth-order valence-corrected chi connectivity index (χ4v) is 4.01. The van der Waals surface area contributed by atoms with E-state index in [2.05, 4.69) is 26.1 Å². The highest BCUT2D eigenvalue weighted by molar-refractivity contribution is 6.00. The number of carbonyl (C=O) groups excluding carboxylic acids is 2. The molecule has 2 aliphatic heterocycles. The zero-order chi connectivity index (χ0) is 30.1. The highest BCUT2D eigenvalue weighted by atomic mass is 16.6. The SMILES string of the molecule is CC.CC(C)C.CCN1CCNc2ccc(Oc3ccccc3C)cc2C1=O.CCOC1(O)CCN(C=O)CC1. The Kier molecular flexibility index (Phi) is 16.0. The number of fused-ring (bicyclic) bond motifs is 1. The van der Waals surface area contributed by atoms with Crippen LogP contribution in [0.15, 0.2) is 42.5 Å². The van der Waals surface area contributed by atoms with Crippen molar-refractivity contribution in [3.8, 4) is 11.5 Å². The molecule has 224 valence electrons. The number of aliphatic hydroxyl groups is 1. The quantitative estimate of drug-likeness (QED) is 0.319. The van der Waals surface area contributed by atoms with Crippen molar-refractivity contribution in [1.29, 1.82) is 0 Å². The maximum Gasteiger partial charge on any atom is 0.256 e. The molecule has 0 unspecified atom stereocenters. The number of nitrogens with zero attached hydrogens (tertiary/aromatic N) is 2. The van der Waals surface area contributed by atoms with Crippen LogP contribution in [-0.4, -0.2) is 72.3 Å². The van der Waals surface area contributed by atoms with Gasteiger partial charge in [-0.2, -0.15) is 0 Å². The predicted octanol–water partition coefficient (Wildman–Crippen LogP) is 6.33. The van der Waals surface area contributed by atoms with Crippen LogP contribution in [0.25, 0.3) is 0 Å². The van der Waals surface area contributed by atoms with Gasteiger partial charge in [0.05, 0.1) is 5.56 Å². The lowest BCUT2D eigenvalue weighted by molar-refractivity contribution is -0.222. The molecule has 1 fully saturated rings. The first kappa shape index (κ1) is 34.9. The van der Waals surface area contributed by atoms with Gasteiger partial charge in [0.2, 0.25) is 6.41 Å². The number of benzene rings is 2. The van der Waals surface area contributed by atoms with E-state index in [1.54, 1.807) is 4.90 Å². The van der Waals surface area contributed by atoms with E-state index in [1.807, 2.05) is 82.0 Å². The number of carbonyl (C=O) groups is 2. The first-order chi connectivity index (χ1) is 19.1. The first-order valence-electron chi connectivity index (χ1n) is 14.6. The van der Waals surface area contributed by atoms with Crippen LogP contribution < -0.4 is 10.1 Å². The Bertz CT molecular complexity index is 1020. The second-order valence-electron chi connectivity index (χ2n) is 10.1. The third-order valence-electron chi connectivity index (χ3n) is 6.05. The molecule has 1 saturated heterocycles. The van der Waals surface area contributed by atoms with E-state index < -0.39 is 5.79 Å². The molecular weight excluding hydrogens is 506 g/mol. The topological polar surface area (TPSA) is 91.3 Å². The molecule has 0 saturated carbocycles. The van der Waals surface area contributed by atoms with Crippen LogP contribution in [0.4, 0.5) is 5.69 Å². The lowest BCUT2D eigenvalue weighted by Gasteiger charge is -2.35. The summed E-state index contributed by atoms with van der Waals surface area (Å²) in [6, 6.07) is 13.5. The average Bonchev–Trinajstić information content (AvgIpc) is 3.10. The second kappa shape index (κ2) is 18.3. The number of hydrogen-bond donors (Lipinski definition) is 2. The number of amides is 2. The van der Waals surface area contributed by atoms with E-state index in [0.717, 1.165) is 42.4 Å². The summed E-state index contributed by atoms with van der Waals surface area (Å²) < 4.78 is 11.1. The number of likely N-dealkylation sites (tertiary alicyclic amines) is 1. The Balaban J connectivity index is 0.000000374. The van der Waals surface area contributed by atoms with Crippen molar-refractivity contribution in [2.75, 3.05) is 44.6 Å². The van der Waals surface area contributed by atoms with Gasteiger partial charge in [-0.15, -0.1) is 0 Å². The van der Waals surface area contributed by atoms with Gasteiger partial charge in [-0.1, -0.05) is 52.8 Å².